The molecule has 110 valence electrons. The van der Waals surface area contributed by atoms with Crippen LogP contribution in [0.3, 0.4) is 0 Å². The van der Waals surface area contributed by atoms with Gasteiger partial charge in [-0.15, -0.1) is 0 Å². The molecule has 0 atom stereocenters. The van der Waals surface area contributed by atoms with Crippen molar-refractivity contribution in [3.8, 4) is 0 Å². The van der Waals surface area contributed by atoms with E-state index in [-0.39, 0.29) is 0 Å². The van der Waals surface area contributed by atoms with Crippen LogP contribution in [0.5, 0.6) is 0 Å². The lowest BCUT2D eigenvalue weighted by molar-refractivity contribution is 0.895. The maximum atomic E-state index is 6.04. The summed E-state index contributed by atoms with van der Waals surface area (Å²) >= 11 is 6.04. The number of anilines is 2. The minimum atomic E-state index is 0.774. The highest BCUT2D eigenvalue weighted by molar-refractivity contribution is 6.30. The van der Waals surface area contributed by atoms with Gasteiger partial charge in [-0.3, -0.25) is 4.99 Å². The number of benzene rings is 2. The molecule has 0 N–H and O–H groups in total. The molecule has 3 heteroatoms. The molecular formula is C19H17ClN2. The molecule has 0 unspecified atom stereocenters. The molecule has 0 spiro atoms. The molecule has 0 fully saturated rings. The lowest BCUT2D eigenvalue weighted by Crippen LogP contribution is -2.18. The molecule has 4 rings (SSSR count). The van der Waals surface area contributed by atoms with Crippen molar-refractivity contribution in [1.29, 1.82) is 0 Å². The Kier molecular flexibility index (Phi) is 3.27. The van der Waals surface area contributed by atoms with E-state index in [0.717, 1.165) is 24.5 Å². The van der Waals surface area contributed by atoms with Crippen LogP contribution in [0.25, 0.3) is 5.57 Å². The van der Waals surface area contributed by atoms with E-state index >= 15 is 0 Å². The molecule has 2 aliphatic rings. The Balaban J connectivity index is 1.86. The SMILES string of the molecule is CC1=NCC2=C1c1ccccc1N(c1ccc(Cl)cc1)CC2. The number of hydrogen-bond acceptors (Lipinski definition) is 2. The standard InChI is InChI=1S/C19H17ClN2/c1-13-19-14(12-21-13)10-11-22(16-8-6-15(20)7-9-16)18-5-3-2-4-17(18)19/h2-9H,10-12H2,1H3. The van der Waals surface area contributed by atoms with Gasteiger partial charge >= 0.3 is 0 Å². The maximum Gasteiger partial charge on any atom is 0.0613 e. The quantitative estimate of drug-likeness (QED) is 0.714. The Bertz CT molecular complexity index is 787. The molecule has 2 aromatic rings. The maximum absolute atomic E-state index is 6.04. The predicted octanol–water partition coefficient (Wildman–Crippen LogP) is 5.11. The largest absolute Gasteiger partial charge is 0.341 e. The summed E-state index contributed by atoms with van der Waals surface area (Å²) in [4.78, 5) is 7.02. The van der Waals surface area contributed by atoms with Crippen molar-refractivity contribution in [2.75, 3.05) is 18.0 Å². The number of allylic oxidation sites excluding steroid dienone is 1. The topological polar surface area (TPSA) is 15.6 Å². The lowest BCUT2D eigenvalue weighted by Gasteiger charge is -2.26. The van der Waals surface area contributed by atoms with Crippen LogP contribution in [-0.4, -0.2) is 18.8 Å². The van der Waals surface area contributed by atoms with Gasteiger partial charge in [-0.25, -0.2) is 0 Å². The molecule has 0 radical (unpaired) electrons. The Labute approximate surface area is 135 Å². The Morgan fingerprint density at radius 3 is 2.64 bits per heavy atom. The first-order valence-electron chi connectivity index (χ1n) is 7.60. The van der Waals surface area contributed by atoms with Crippen LogP contribution < -0.4 is 4.90 Å². The molecule has 2 aliphatic heterocycles. The van der Waals surface area contributed by atoms with E-state index in [1.807, 2.05) is 12.1 Å². The smallest absolute Gasteiger partial charge is 0.0613 e. The van der Waals surface area contributed by atoms with Gasteiger partial charge in [0.05, 0.1) is 6.54 Å². The van der Waals surface area contributed by atoms with E-state index in [1.54, 1.807) is 0 Å². The van der Waals surface area contributed by atoms with E-state index < -0.39 is 0 Å². The fourth-order valence-electron chi connectivity index (χ4n) is 3.39. The minimum absolute atomic E-state index is 0.774. The van der Waals surface area contributed by atoms with Crippen molar-refractivity contribution in [3.63, 3.8) is 0 Å². The molecule has 0 aromatic heterocycles. The van der Waals surface area contributed by atoms with Gasteiger partial charge in [-0.1, -0.05) is 29.8 Å². The number of rotatable bonds is 1. The highest BCUT2D eigenvalue weighted by Gasteiger charge is 2.26. The van der Waals surface area contributed by atoms with Crippen molar-refractivity contribution in [2.45, 2.75) is 13.3 Å². The van der Waals surface area contributed by atoms with E-state index in [9.17, 15) is 0 Å². The van der Waals surface area contributed by atoms with E-state index in [4.69, 9.17) is 11.6 Å². The van der Waals surface area contributed by atoms with Crippen LogP contribution in [0.4, 0.5) is 11.4 Å². The third-order valence-electron chi connectivity index (χ3n) is 4.46. The second-order valence-corrected chi connectivity index (χ2v) is 6.21. The second-order valence-electron chi connectivity index (χ2n) is 5.78. The molecule has 0 amide bonds. The molecular weight excluding hydrogens is 292 g/mol. The fourth-order valence-corrected chi connectivity index (χ4v) is 3.52. The molecule has 0 bridgehead atoms. The molecule has 0 saturated heterocycles. The van der Waals surface area contributed by atoms with E-state index in [2.05, 4.69) is 53.2 Å². The van der Waals surface area contributed by atoms with Gasteiger partial charge in [0, 0.05) is 39.8 Å². The van der Waals surface area contributed by atoms with Gasteiger partial charge in [0.2, 0.25) is 0 Å². The zero-order valence-electron chi connectivity index (χ0n) is 12.5. The van der Waals surface area contributed by atoms with Crippen molar-refractivity contribution in [1.82, 2.24) is 0 Å². The zero-order valence-corrected chi connectivity index (χ0v) is 13.3. The Hall–Kier alpha value is -2.06. The first kappa shape index (κ1) is 13.6. The number of para-hydroxylation sites is 1. The van der Waals surface area contributed by atoms with Crippen LogP contribution >= 0.6 is 11.6 Å². The number of halogens is 1. The van der Waals surface area contributed by atoms with Crippen molar-refractivity contribution in [2.24, 2.45) is 4.99 Å². The van der Waals surface area contributed by atoms with Gasteiger partial charge in [0.15, 0.2) is 0 Å². The summed E-state index contributed by atoms with van der Waals surface area (Å²) in [5.74, 6) is 0. The van der Waals surface area contributed by atoms with E-state index in [1.165, 1.54) is 33.8 Å². The van der Waals surface area contributed by atoms with Crippen LogP contribution in [-0.2, 0) is 0 Å². The van der Waals surface area contributed by atoms with Crippen LogP contribution in [0, 0.1) is 0 Å². The van der Waals surface area contributed by atoms with Crippen molar-refractivity contribution in [3.05, 3.63) is 64.7 Å². The summed E-state index contributed by atoms with van der Waals surface area (Å²) in [6.45, 7) is 3.95. The minimum Gasteiger partial charge on any atom is -0.341 e. The van der Waals surface area contributed by atoms with Gasteiger partial charge in [0.25, 0.3) is 0 Å². The van der Waals surface area contributed by atoms with Crippen LogP contribution in [0.2, 0.25) is 5.02 Å². The van der Waals surface area contributed by atoms with Crippen LogP contribution in [0.15, 0.2) is 59.1 Å². The van der Waals surface area contributed by atoms with Gasteiger partial charge in [-0.05, 0) is 49.2 Å². The first-order chi connectivity index (χ1) is 10.7. The first-order valence-corrected chi connectivity index (χ1v) is 7.98. The third kappa shape index (κ3) is 2.15. The fraction of sp³-hybridized carbons (Fsp3) is 0.211. The molecule has 0 aliphatic carbocycles. The summed E-state index contributed by atoms with van der Waals surface area (Å²) in [5.41, 5.74) is 7.72. The predicted molar refractivity (Wildman–Crippen MR) is 94.4 cm³/mol. The summed E-state index contributed by atoms with van der Waals surface area (Å²) < 4.78 is 0. The summed E-state index contributed by atoms with van der Waals surface area (Å²) in [6, 6.07) is 16.7. The molecule has 22 heavy (non-hydrogen) atoms. The van der Waals surface area contributed by atoms with Gasteiger partial charge in [0.1, 0.15) is 0 Å². The molecule has 2 aromatic carbocycles. The van der Waals surface area contributed by atoms with Gasteiger partial charge in [-0.2, -0.15) is 0 Å². The van der Waals surface area contributed by atoms with Crippen molar-refractivity contribution >= 4 is 34.3 Å². The zero-order chi connectivity index (χ0) is 15.1. The normalized spacial score (nSPS) is 17.0. The Morgan fingerprint density at radius 2 is 1.82 bits per heavy atom. The Morgan fingerprint density at radius 1 is 1.05 bits per heavy atom. The third-order valence-corrected chi connectivity index (χ3v) is 4.71. The summed E-state index contributed by atoms with van der Waals surface area (Å²) in [6.07, 6.45) is 1.05. The number of nitrogens with zero attached hydrogens (tertiary/aromatic N) is 2. The number of aliphatic imine (C=N–C) groups is 1. The highest BCUT2D eigenvalue weighted by atomic mass is 35.5. The second kappa shape index (κ2) is 5.29. The molecule has 2 nitrogen and oxygen atoms in total. The average Bonchev–Trinajstić information content (AvgIpc) is 2.82. The monoisotopic (exact) mass is 308 g/mol. The van der Waals surface area contributed by atoms with Gasteiger partial charge < -0.3 is 4.90 Å². The summed E-state index contributed by atoms with van der Waals surface area (Å²) in [7, 11) is 0. The summed E-state index contributed by atoms with van der Waals surface area (Å²) in [5, 5.41) is 0.774. The number of fused-ring (bicyclic) bond motifs is 2. The van der Waals surface area contributed by atoms with Crippen molar-refractivity contribution < 1.29 is 0 Å². The highest BCUT2D eigenvalue weighted by Crippen LogP contribution is 2.40. The molecule has 2 heterocycles. The van der Waals surface area contributed by atoms with E-state index in [0.29, 0.717) is 0 Å². The lowest BCUT2D eigenvalue weighted by atomic mass is 9.96. The molecule has 0 saturated carbocycles. The van der Waals surface area contributed by atoms with Crippen LogP contribution in [0.1, 0.15) is 18.9 Å². The average molecular weight is 309 g/mol. The number of hydrogen-bond donors (Lipinski definition) is 0.